The monoisotopic (exact) mass is 372 g/mol. The second-order valence-corrected chi connectivity index (χ2v) is 6.95. The van der Waals surface area contributed by atoms with Gasteiger partial charge < -0.3 is 4.90 Å². The Hall–Kier alpha value is -3.53. The van der Waals surface area contributed by atoms with Crippen LogP contribution in [0.1, 0.15) is 18.4 Å². The summed E-state index contributed by atoms with van der Waals surface area (Å²) in [5.74, 6) is 1.33. The molecule has 0 aliphatic carbocycles. The zero-order chi connectivity index (χ0) is 19.3. The van der Waals surface area contributed by atoms with Crippen LogP contribution >= 0.6 is 0 Å². The Morgan fingerprint density at radius 3 is 2.54 bits per heavy atom. The molecule has 0 unspecified atom stereocenters. The summed E-state index contributed by atoms with van der Waals surface area (Å²) in [5, 5.41) is 8.88. The molecule has 0 saturated carbocycles. The molecule has 7 nitrogen and oxygen atoms in total. The van der Waals surface area contributed by atoms with E-state index in [2.05, 4.69) is 25.9 Å². The predicted molar refractivity (Wildman–Crippen MR) is 106 cm³/mol. The fourth-order valence-electron chi connectivity index (χ4n) is 3.51. The maximum atomic E-state index is 12.5. The number of nitriles is 1. The number of pyridine rings is 2. The van der Waals surface area contributed by atoms with Crippen LogP contribution in [0.15, 0.2) is 60.0 Å². The molecule has 0 spiro atoms. The fourth-order valence-corrected chi connectivity index (χ4v) is 3.51. The van der Waals surface area contributed by atoms with E-state index in [4.69, 9.17) is 5.26 Å². The number of anilines is 1. The zero-order valence-electron chi connectivity index (χ0n) is 15.4. The standard InChI is InChI=1S/C21H20N6O/c22-12-17-1-2-20(24-13-17)26-9-5-16(6-10-26)14-27-15-25-19(11-21(27)28)18-3-7-23-8-4-18/h1-4,7-8,11,13,15-16H,5-6,9-10,14H2. The fraction of sp³-hybridized carbons (Fsp3) is 0.286. The molecule has 0 aromatic carbocycles. The van der Waals surface area contributed by atoms with Gasteiger partial charge in [-0.15, -0.1) is 0 Å². The molecule has 0 radical (unpaired) electrons. The number of piperidine rings is 1. The van der Waals surface area contributed by atoms with Crippen LogP contribution in [0.2, 0.25) is 0 Å². The van der Waals surface area contributed by atoms with Gasteiger partial charge in [-0.1, -0.05) is 0 Å². The smallest absolute Gasteiger partial charge is 0.253 e. The highest BCUT2D eigenvalue weighted by Crippen LogP contribution is 2.23. The van der Waals surface area contributed by atoms with Crippen LogP contribution in [0, 0.1) is 17.2 Å². The average Bonchev–Trinajstić information content (AvgIpc) is 2.76. The third-order valence-electron chi connectivity index (χ3n) is 5.13. The number of rotatable bonds is 4. The lowest BCUT2D eigenvalue weighted by atomic mass is 9.96. The molecule has 0 N–H and O–H groups in total. The summed E-state index contributed by atoms with van der Waals surface area (Å²) in [6.07, 6.45) is 8.61. The van der Waals surface area contributed by atoms with Crippen molar-refractivity contribution in [3.8, 4) is 17.3 Å². The van der Waals surface area contributed by atoms with Gasteiger partial charge in [0, 0.05) is 49.9 Å². The van der Waals surface area contributed by atoms with Crippen LogP contribution in [-0.2, 0) is 6.54 Å². The van der Waals surface area contributed by atoms with Crippen LogP contribution in [0.4, 0.5) is 5.82 Å². The lowest BCUT2D eigenvalue weighted by Gasteiger charge is -2.33. The molecule has 1 saturated heterocycles. The summed E-state index contributed by atoms with van der Waals surface area (Å²) in [6.45, 7) is 2.46. The predicted octanol–water partition coefficient (Wildman–Crippen LogP) is 2.49. The highest BCUT2D eigenvalue weighted by Gasteiger charge is 2.21. The second-order valence-electron chi connectivity index (χ2n) is 6.95. The van der Waals surface area contributed by atoms with Crippen molar-refractivity contribution in [2.45, 2.75) is 19.4 Å². The average molecular weight is 372 g/mol. The molecule has 0 amide bonds. The van der Waals surface area contributed by atoms with Gasteiger partial charge in [-0.05, 0) is 43.0 Å². The van der Waals surface area contributed by atoms with E-state index in [0.29, 0.717) is 23.7 Å². The van der Waals surface area contributed by atoms with Crippen LogP contribution in [0.5, 0.6) is 0 Å². The number of hydrogen-bond donors (Lipinski definition) is 0. The zero-order valence-corrected chi connectivity index (χ0v) is 15.4. The molecule has 0 bridgehead atoms. The third-order valence-corrected chi connectivity index (χ3v) is 5.13. The van der Waals surface area contributed by atoms with Gasteiger partial charge in [0.05, 0.1) is 17.6 Å². The van der Waals surface area contributed by atoms with Gasteiger partial charge in [-0.25, -0.2) is 9.97 Å². The van der Waals surface area contributed by atoms with Gasteiger partial charge in [-0.3, -0.25) is 14.3 Å². The van der Waals surface area contributed by atoms with E-state index < -0.39 is 0 Å². The van der Waals surface area contributed by atoms with E-state index >= 15 is 0 Å². The minimum Gasteiger partial charge on any atom is -0.357 e. The first-order valence-corrected chi connectivity index (χ1v) is 9.31. The molecule has 1 aliphatic heterocycles. The summed E-state index contributed by atoms with van der Waals surface area (Å²) in [5.41, 5.74) is 2.10. The lowest BCUT2D eigenvalue weighted by molar-refractivity contribution is 0.350. The molecule has 3 aromatic rings. The van der Waals surface area contributed by atoms with Gasteiger partial charge in [0.2, 0.25) is 0 Å². The van der Waals surface area contributed by atoms with Crippen molar-refractivity contribution >= 4 is 5.82 Å². The van der Waals surface area contributed by atoms with E-state index in [1.165, 1.54) is 0 Å². The summed E-state index contributed by atoms with van der Waals surface area (Å²) in [4.78, 5) is 27.5. The topological polar surface area (TPSA) is 87.7 Å². The Bertz CT molecular complexity index is 1030. The molecule has 1 aliphatic rings. The van der Waals surface area contributed by atoms with Gasteiger partial charge in [0.15, 0.2) is 0 Å². The molecule has 4 rings (SSSR count). The Morgan fingerprint density at radius 2 is 1.89 bits per heavy atom. The van der Waals surface area contributed by atoms with Crippen molar-refractivity contribution in [1.29, 1.82) is 5.26 Å². The van der Waals surface area contributed by atoms with E-state index in [0.717, 1.165) is 37.3 Å². The van der Waals surface area contributed by atoms with Gasteiger partial charge in [-0.2, -0.15) is 5.26 Å². The first kappa shape index (κ1) is 17.9. The lowest BCUT2D eigenvalue weighted by Crippen LogP contribution is -2.36. The molecule has 1 fully saturated rings. The quantitative estimate of drug-likeness (QED) is 0.699. The Kier molecular flexibility index (Phi) is 5.11. The third kappa shape index (κ3) is 3.91. The molecule has 0 atom stereocenters. The van der Waals surface area contributed by atoms with Crippen molar-refractivity contribution in [2.75, 3.05) is 18.0 Å². The van der Waals surface area contributed by atoms with Gasteiger partial charge >= 0.3 is 0 Å². The first-order chi connectivity index (χ1) is 13.7. The van der Waals surface area contributed by atoms with Crippen molar-refractivity contribution in [2.24, 2.45) is 5.92 Å². The molecule has 3 aromatic heterocycles. The maximum absolute atomic E-state index is 12.5. The second kappa shape index (κ2) is 8.01. The normalized spacial score (nSPS) is 14.6. The Balaban J connectivity index is 1.38. The minimum absolute atomic E-state index is 0.0296. The largest absolute Gasteiger partial charge is 0.357 e. The van der Waals surface area contributed by atoms with E-state index in [9.17, 15) is 4.79 Å². The van der Waals surface area contributed by atoms with Crippen LogP contribution < -0.4 is 10.5 Å². The molecular formula is C21H20N6O. The minimum atomic E-state index is -0.0296. The summed E-state index contributed by atoms with van der Waals surface area (Å²) >= 11 is 0. The highest BCUT2D eigenvalue weighted by atomic mass is 16.1. The number of aromatic nitrogens is 4. The Labute approximate surface area is 162 Å². The molecular weight excluding hydrogens is 352 g/mol. The first-order valence-electron chi connectivity index (χ1n) is 9.31. The van der Waals surface area contributed by atoms with Crippen molar-refractivity contribution in [1.82, 2.24) is 19.5 Å². The molecule has 7 heteroatoms. The molecule has 140 valence electrons. The number of hydrogen-bond acceptors (Lipinski definition) is 6. The van der Waals surface area contributed by atoms with E-state index in [1.54, 1.807) is 41.6 Å². The molecule has 4 heterocycles. The Morgan fingerprint density at radius 1 is 1.11 bits per heavy atom. The van der Waals surface area contributed by atoms with Crippen LogP contribution in [0.3, 0.4) is 0 Å². The van der Waals surface area contributed by atoms with Crippen molar-refractivity contribution < 1.29 is 0 Å². The summed E-state index contributed by atoms with van der Waals surface area (Å²) in [7, 11) is 0. The SMILES string of the molecule is N#Cc1ccc(N2CCC(Cn3cnc(-c4ccncc4)cc3=O)CC2)nc1. The van der Waals surface area contributed by atoms with Crippen molar-refractivity contribution in [3.63, 3.8) is 0 Å². The van der Waals surface area contributed by atoms with Gasteiger partial charge in [0.1, 0.15) is 11.9 Å². The van der Waals surface area contributed by atoms with Crippen LogP contribution in [-0.4, -0.2) is 32.6 Å². The summed E-state index contributed by atoms with van der Waals surface area (Å²) < 4.78 is 1.70. The van der Waals surface area contributed by atoms with Crippen molar-refractivity contribution in [3.05, 3.63) is 71.2 Å². The summed E-state index contributed by atoms with van der Waals surface area (Å²) in [6, 6.07) is 11.1. The molecule has 28 heavy (non-hydrogen) atoms. The van der Waals surface area contributed by atoms with Gasteiger partial charge in [0.25, 0.3) is 5.56 Å². The maximum Gasteiger partial charge on any atom is 0.253 e. The highest BCUT2D eigenvalue weighted by molar-refractivity contribution is 5.57. The number of nitrogens with zero attached hydrogens (tertiary/aromatic N) is 6. The van der Waals surface area contributed by atoms with E-state index in [1.807, 2.05) is 18.2 Å². The van der Waals surface area contributed by atoms with E-state index in [-0.39, 0.29) is 5.56 Å². The van der Waals surface area contributed by atoms with Crippen LogP contribution in [0.25, 0.3) is 11.3 Å².